The number of carbonyl (C=O) groups is 3. The zero-order valence-electron chi connectivity index (χ0n) is 17.6. The molecule has 2 rings (SSSR count). The summed E-state index contributed by atoms with van der Waals surface area (Å²) in [4.78, 5) is 36.9. The van der Waals surface area contributed by atoms with Crippen LogP contribution in [-0.2, 0) is 20.9 Å². The summed E-state index contributed by atoms with van der Waals surface area (Å²) in [5, 5.41) is 2.54. The molecule has 0 fully saturated rings. The fraction of sp³-hybridized carbons (Fsp3) is 0.318. The third-order valence-electron chi connectivity index (χ3n) is 4.46. The molecule has 0 saturated heterocycles. The van der Waals surface area contributed by atoms with E-state index in [4.69, 9.17) is 33.7 Å². The monoisotopic (exact) mass is 501 g/mol. The summed E-state index contributed by atoms with van der Waals surface area (Å²) >= 11 is 11.2. The predicted octanol–water partition coefficient (Wildman–Crippen LogP) is 3.45. The molecule has 33 heavy (non-hydrogen) atoms. The number of amides is 3. The number of primary amides is 1. The first-order chi connectivity index (χ1) is 15.7. The second-order valence-electron chi connectivity index (χ2n) is 7.14. The zero-order valence-corrected chi connectivity index (χ0v) is 19.1. The van der Waals surface area contributed by atoms with Crippen LogP contribution in [0.15, 0.2) is 36.4 Å². The molecule has 0 saturated carbocycles. The lowest BCUT2D eigenvalue weighted by molar-refractivity contribution is -0.135. The fourth-order valence-electron chi connectivity index (χ4n) is 2.83. The maximum Gasteiger partial charge on any atom is 0.257 e. The van der Waals surface area contributed by atoms with Crippen molar-refractivity contribution in [1.82, 2.24) is 10.2 Å². The van der Waals surface area contributed by atoms with Crippen LogP contribution >= 0.6 is 23.2 Å². The van der Waals surface area contributed by atoms with E-state index in [2.05, 4.69) is 5.32 Å². The fourth-order valence-corrected chi connectivity index (χ4v) is 3.07. The number of benzene rings is 2. The maximum atomic E-state index is 13.6. The van der Waals surface area contributed by atoms with Gasteiger partial charge in [-0.05, 0) is 42.7 Å². The van der Waals surface area contributed by atoms with Crippen LogP contribution in [0.5, 0.6) is 5.75 Å². The molecule has 7 nitrogen and oxygen atoms in total. The third-order valence-corrected chi connectivity index (χ3v) is 5.07. The van der Waals surface area contributed by atoms with E-state index in [9.17, 15) is 23.2 Å². The molecule has 0 aliphatic rings. The molecular weight excluding hydrogens is 479 g/mol. The molecule has 0 atom stereocenters. The van der Waals surface area contributed by atoms with Gasteiger partial charge in [0, 0.05) is 25.6 Å². The second-order valence-corrected chi connectivity index (χ2v) is 7.95. The van der Waals surface area contributed by atoms with Crippen LogP contribution in [-0.4, -0.2) is 42.3 Å². The number of hydrogen-bond donors (Lipinski definition) is 2. The molecule has 0 aliphatic heterocycles. The minimum atomic E-state index is -0.689. The van der Waals surface area contributed by atoms with Crippen LogP contribution < -0.4 is 15.8 Å². The number of nitrogens with two attached hydrogens (primary N) is 1. The minimum Gasteiger partial charge on any atom is -0.484 e. The van der Waals surface area contributed by atoms with Crippen molar-refractivity contribution in [3.05, 3.63) is 63.6 Å². The molecule has 0 aliphatic carbocycles. The smallest absolute Gasteiger partial charge is 0.257 e. The van der Waals surface area contributed by atoms with Gasteiger partial charge < -0.3 is 20.7 Å². The predicted molar refractivity (Wildman–Crippen MR) is 120 cm³/mol. The van der Waals surface area contributed by atoms with Crippen molar-refractivity contribution in [2.24, 2.45) is 5.73 Å². The van der Waals surface area contributed by atoms with Gasteiger partial charge in [0.1, 0.15) is 17.4 Å². The highest BCUT2D eigenvalue weighted by molar-refractivity contribution is 6.31. The highest BCUT2D eigenvalue weighted by Crippen LogP contribution is 2.20. The summed E-state index contributed by atoms with van der Waals surface area (Å²) in [7, 11) is 0. The molecule has 0 heterocycles. The van der Waals surface area contributed by atoms with Gasteiger partial charge in [0.2, 0.25) is 11.8 Å². The molecule has 0 unspecified atom stereocenters. The van der Waals surface area contributed by atoms with E-state index in [0.29, 0.717) is 24.9 Å². The number of unbranched alkanes of at least 4 members (excludes halogenated alkanes) is 1. The summed E-state index contributed by atoms with van der Waals surface area (Å²) in [5.74, 6) is -2.52. The molecule has 3 N–H and O–H groups in total. The van der Waals surface area contributed by atoms with E-state index in [0.717, 1.165) is 6.07 Å². The SMILES string of the molecule is NC(=O)CN(Cc1ccc(Cl)c(F)c1)C(=O)CCCCNC(=O)COc1ccc(Cl)c(F)c1. The Morgan fingerprint density at radius 2 is 1.67 bits per heavy atom. The molecule has 2 aromatic carbocycles. The normalized spacial score (nSPS) is 10.5. The van der Waals surface area contributed by atoms with Crippen LogP contribution in [0.3, 0.4) is 0 Å². The quantitative estimate of drug-likeness (QED) is 0.434. The van der Waals surface area contributed by atoms with E-state index in [1.54, 1.807) is 6.07 Å². The molecule has 0 aromatic heterocycles. The Morgan fingerprint density at radius 3 is 2.30 bits per heavy atom. The van der Waals surface area contributed by atoms with Gasteiger partial charge in [-0.15, -0.1) is 0 Å². The van der Waals surface area contributed by atoms with E-state index in [-0.39, 0.29) is 47.8 Å². The molecule has 178 valence electrons. The van der Waals surface area contributed by atoms with Crippen LogP contribution in [0.4, 0.5) is 8.78 Å². The highest BCUT2D eigenvalue weighted by atomic mass is 35.5. The Labute approximate surface area is 199 Å². The van der Waals surface area contributed by atoms with E-state index >= 15 is 0 Å². The first-order valence-electron chi connectivity index (χ1n) is 10.00. The Hall–Kier alpha value is -2.91. The summed E-state index contributed by atoms with van der Waals surface area (Å²) < 4.78 is 32.2. The number of nitrogens with one attached hydrogen (secondary N) is 1. The van der Waals surface area contributed by atoms with Gasteiger partial charge in [-0.2, -0.15) is 0 Å². The van der Waals surface area contributed by atoms with Crippen molar-refractivity contribution in [1.29, 1.82) is 0 Å². The van der Waals surface area contributed by atoms with Crippen LogP contribution in [0.2, 0.25) is 10.0 Å². The number of halogens is 4. The first kappa shape index (κ1) is 26.3. The van der Waals surface area contributed by atoms with Gasteiger partial charge in [0.25, 0.3) is 5.91 Å². The molecule has 2 aromatic rings. The summed E-state index contributed by atoms with van der Waals surface area (Å²) in [5.41, 5.74) is 5.69. The molecule has 0 bridgehead atoms. The van der Waals surface area contributed by atoms with E-state index in [1.165, 1.54) is 29.2 Å². The van der Waals surface area contributed by atoms with Gasteiger partial charge in [-0.3, -0.25) is 14.4 Å². The van der Waals surface area contributed by atoms with Gasteiger partial charge in [0.15, 0.2) is 6.61 Å². The first-order valence-corrected chi connectivity index (χ1v) is 10.8. The average Bonchev–Trinajstić information content (AvgIpc) is 2.76. The zero-order chi connectivity index (χ0) is 24.4. The van der Waals surface area contributed by atoms with Crippen LogP contribution in [0.1, 0.15) is 24.8 Å². The van der Waals surface area contributed by atoms with Gasteiger partial charge in [0.05, 0.1) is 16.6 Å². The number of hydrogen-bond acceptors (Lipinski definition) is 4. The lowest BCUT2D eigenvalue weighted by atomic mass is 10.1. The number of nitrogens with zero attached hydrogens (tertiary/aromatic N) is 1. The third kappa shape index (κ3) is 9.23. The number of carbonyl (C=O) groups excluding carboxylic acids is 3. The standard InChI is InChI=1S/C22H23Cl2F2N3O4/c23-16-6-4-14(9-18(16)25)11-29(12-20(27)30)22(32)3-1-2-8-28-21(31)13-33-15-5-7-17(24)19(26)10-15/h4-7,9-10H,1-3,8,11-13H2,(H2,27,30)(H,28,31). The van der Waals surface area contributed by atoms with Gasteiger partial charge in [-0.25, -0.2) is 8.78 Å². The molecule has 3 amide bonds. The Bertz CT molecular complexity index is 1010. The summed E-state index contributed by atoms with van der Waals surface area (Å²) in [6.07, 6.45) is 1.04. The Morgan fingerprint density at radius 1 is 1.00 bits per heavy atom. The highest BCUT2D eigenvalue weighted by Gasteiger charge is 2.17. The molecule has 0 radical (unpaired) electrons. The number of rotatable bonds is 12. The topological polar surface area (TPSA) is 102 Å². The van der Waals surface area contributed by atoms with Gasteiger partial charge >= 0.3 is 0 Å². The molecule has 0 spiro atoms. The van der Waals surface area contributed by atoms with Crippen LogP contribution in [0, 0.1) is 11.6 Å². The maximum absolute atomic E-state index is 13.6. The lowest BCUT2D eigenvalue weighted by Gasteiger charge is -2.21. The molecular formula is C22H23Cl2F2N3O4. The van der Waals surface area contributed by atoms with Crippen molar-refractivity contribution < 1.29 is 27.9 Å². The number of ether oxygens (including phenoxy) is 1. The van der Waals surface area contributed by atoms with Crippen molar-refractivity contribution in [2.45, 2.75) is 25.8 Å². The van der Waals surface area contributed by atoms with Crippen molar-refractivity contribution in [2.75, 3.05) is 19.7 Å². The van der Waals surface area contributed by atoms with Crippen LogP contribution in [0.25, 0.3) is 0 Å². The van der Waals surface area contributed by atoms with E-state index < -0.39 is 23.4 Å². The largest absolute Gasteiger partial charge is 0.484 e. The minimum absolute atomic E-state index is 0.00916. The second kappa shape index (κ2) is 13.0. The molecule has 11 heteroatoms. The lowest BCUT2D eigenvalue weighted by Crippen LogP contribution is -2.38. The van der Waals surface area contributed by atoms with Crippen molar-refractivity contribution in [3.63, 3.8) is 0 Å². The Kier molecular flexibility index (Phi) is 10.3. The summed E-state index contributed by atoms with van der Waals surface area (Å²) in [6, 6.07) is 7.97. The van der Waals surface area contributed by atoms with E-state index in [1.807, 2.05) is 0 Å². The van der Waals surface area contributed by atoms with Crippen molar-refractivity contribution >= 4 is 40.9 Å². The van der Waals surface area contributed by atoms with Gasteiger partial charge in [-0.1, -0.05) is 29.3 Å². The average molecular weight is 502 g/mol. The van der Waals surface area contributed by atoms with Crippen molar-refractivity contribution in [3.8, 4) is 5.75 Å². The Balaban J connectivity index is 1.72. The summed E-state index contributed by atoms with van der Waals surface area (Å²) in [6.45, 7) is -0.301.